The van der Waals surface area contributed by atoms with Gasteiger partial charge in [0.05, 0.1) is 0 Å². The predicted molar refractivity (Wildman–Crippen MR) is 89.5 cm³/mol. The Balaban J connectivity index is 1.60. The van der Waals surface area contributed by atoms with Crippen LogP contribution in [0.4, 0.5) is 5.69 Å². The van der Waals surface area contributed by atoms with E-state index < -0.39 is 0 Å². The average Bonchev–Trinajstić information content (AvgIpc) is 3.08. The zero-order valence-corrected chi connectivity index (χ0v) is 13.4. The first kappa shape index (κ1) is 15.8. The Morgan fingerprint density at radius 3 is 2.61 bits per heavy atom. The van der Waals surface area contributed by atoms with Crippen molar-refractivity contribution >= 4 is 11.6 Å². The molecule has 1 amide bonds. The summed E-state index contributed by atoms with van der Waals surface area (Å²) in [5.41, 5.74) is 9.63. The summed E-state index contributed by atoms with van der Waals surface area (Å²) in [6.45, 7) is 5.25. The molecule has 0 aliphatic carbocycles. The maximum Gasteiger partial charge on any atom is 0.253 e. The molecule has 0 spiro atoms. The minimum atomic E-state index is 0.0867. The lowest BCUT2D eigenvalue weighted by Crippen LogP contribution is -2.43. The lowest BCUT2D eigenvalue weighted by Gasteiger charge is -2.34. The van der Waals surface area contributed by atoms with Gasteiger partial charge in [-0.1, -0.05) is 17.2 Å². The van der Waals surface area contributed by atoms with E-state index in [1.165, 1.54) is 32.4 Å². The van der Waals surface area contributed by atoms with Crippen molar-refractivity contribution in [1.82, 2.24) is 9.80 Å². The number of benzene rings is 1. The Kier molecular flexibility index (Phi) is 5.16. The van der Waals surface area contributed by atoms with Crippen molar-refractivity contribution in [2.24, 2.45) is 11.0 Å². The molecule has 2 fully saturated rings. The zero-order valence-electron chi connectivity index (χ0n) is 13.4. The van der Waals surface area contributed by atoms with Crippen LogP contribution in [0.1, 0.15) is 36.0 Å². The first-order chi connectivity index (χ1) is 11.3. The number of piperidine rings is 1. The fourth-order valence-corrected chi connectivity index (χ4v) is 3.63. The van der Waals surface area contributed by atoms with E-state index in [4.69, 9.17) is 5.53 Å². The van der Waals surface area contributed by atoms with E-state index in [0.29, 0.717) is 17.2 Å². The molecule has 2 saturated heterocycles. The van der Waals surface area contributed by atoms with Crippen molar-refractivity contribution in [3.63, 3.8) is 0 Å². The van der Waals surface area contributed by atoms with E-state index >= 15 is 0 Å². The molecule has 0 radical (unpaired) electrons. The van der Waals surface area contributed by atoms with Crippen LogP contribution in [-0.2, 0) is 0 Å². The second kappa shape index (κ2) is 7.49. The Hall–Kier alpha value is -2.04. The molecule has 23 heavy (non-hydrogen) atoms. The van der Waals surface area contributed by atoms with E-state index in [9.17, 15) is 4.79 Å². The largest absolute Gasteiger partial charge is 0.338 e. The van der Waals surface area contributed by atoms with Crippen LogP contribution >= 0.6 is 0 Å². The summed E-state index contributed by atoms with van der Waals surface area (Å²) in [5.74, 6) is 0.678. The van der Waals surface area contributed by atoms with Gasteiger partial charge >= 0.3 is 0 Å². The average molecular weight is 313 g/mol. The summed E-state index contributed by atoms with van der Waals surface area (Å²) in [7, 11) is 0. The highest BCUT2D eigenvalue weighted by Gasteiger charge is 2.26. The molecule has 2 heterocycles. The number of amides is 1. The first-order valence-corrected chi connectivity index (χ1v) is 8.43. The molecule has 1 aromatic rings. The van der Waals surface area contributed by atoms with Crippen LogP contribution in [-0.4, -0.2) is 48.4 Å². The Morgan fingerprint density at radius 1 is 1.17 bits per heavy atom. The number of carbonyl (C=O) groups is 1. The van der Waals surface area contributed by atoms with Gasteiger partial charge in [-0.2, -0.15) is 0 Å². The first-order valence-electron chi connectivity index (χ1n) is 8.43. The lowest BCUT2D eigenvalue weighted by atomic mass is 9.96. The molecule has 6 nitrogen and oxygen atoms in total. The second-order valence-electron chi connectivity index (χ2n) is 6.50. The molecular weight excluding hydrogens is 290 g/mol. The van der Waals surface area contributed by atoms with E-state index in [-0.39, 0.29) is 5.91 Å². The van der Waals surface area contributed by atoms with Crippen molar-refractivity contribution in [3.8, 4) is 0 Å². The molecule has 0 bridgehead atoms. The van der Waals surface area contributed by atoms with Crippen molar-refractivity contribution < 1.29 is 4.79 Å². The van der Waals surface area contributed by atoms with Crippen LogP contribution in [0.25, 0.3) is 10.4 Å². The standard InChI is InChI=1S/C17H23N5O/c18-20-19-16-7-5-15(6-8-16)17(23)22-11-3-4-14(13-22)12-21-9-1-2-10-21/h5-8,14H,1-4,9-13H2. The normalized spacial score (nSPS) is 21.9. The van der Waals surface area contributed by atoms with Gasteiger partial charge in [-0.05, 0) is 62.4 Å². The third-order valence-corrected chi connectivity index (χ3v) is 4.80. The minimum Gasteiger partial charge on any atom is -0.338 e. The summed E-state index contributed by atoms with van der Waals surface area (Å²) < 4.78 is 0. The third-order valence-electron chi connectivity index (χ3n) is 4.80. The molecule has 122 valence electrons. The van der Waals surface area contributed by atoms with Crippen LogP contribution in [0.3, 0.4) is 0 Å². The van der Waals surface area contributed by atoms with Crippen LogP contribution in [0.2, 0.25) is 0 Å². The van der Waals surface area contributed by atoms with Gasteiger partial charge in [-0.3, -0.25) is 4.79 Å². The number of carbonyl (C=O) groups excluding carboxylic acids is 1. The highest BCUT2D eigenvalue weighted by molar-refractivity contribution is 5.94. The Labute approximate surface area is 136 Å². The van der Waals surface area contributed by atoms with E-state index in [1.54, 1.807) is 24.3 Å². The van der Waals surface area contributed by atoms with Gasteiger partial charge in [0.15, 0.2) is 0 Å². The molecule has 3 rings (SSSR count). The Bertz CT molecular complexity index is 588. The molecule has 1 aromatic carbocycles. The van der Waals surface area contributed by atoms with Crippen LogP contribution in [0, 0.1) is 5.92 Å². The van der Waals surface area contributed by atoms with Crippen LogP contribution in [0.15, 0.2) is 29.4 Å². The Morgan fingerprint density at radius 2 is 1.91 bits per heavy atom. The molecule has 1 unspecified atom stereocenters. The van der Waals surface area contributed by atoms with Gasteiger partial charge in [-0.15, -0.1) is 0 Å². The van der Waals surface area contributed by atoms with Gasteiger partial charge in [-0.25, -0.2) is 0 Å². The van der Waals surface area contributed by atoms with Crippen LogP contribution in [0.5, 0.6) is 0 Å². The summed E-state index contributed by atoms with van der Waals surface area (Å²) >= 11 is 0. The molecule has 0 saturated carbocycles. The van der Waals surface area contributed by atoms with Crippen molar-refractivity contribution in [2.45, 2.75) is 25.7 Å². The van der Waals surface area contributed by atoms with E-state index in [0.717, 1.165) is 26.1 Å². The van der Waals surface area contributed by atoms with Gasteiger partial charge < -0.3 is 9.80 Å². The number of hydrogen-bond acceptors (Lipinski definition) is 3. The highest BCUT2D eigenvalue weighted by atomic mass is 16.2. The summed E-state index contributed by atoms with van der Waals surface area (Å²) in [4.78, 5) is 19.9. The SMILES string of the molecule is [N-]=[N+]=Nc1ccc(C(=O)N2CCCC(CN3CCCC3)C2)cc1. The van der Waals surface area contributed by atoms with Crippen molar-refractivity contribution in [2.75, 3.05) is 32.7 Å². The number of likely N-dealkylation sites (tertiary alicyclic amines) is 2. The quantitative estimate of drug-likeness (QED) is 0.484. The smallest absolute Gasteiger partial charge is 0.253 e. The van der Waals surface area contributed by atoms with Gasteiger partial charge in [0.1, 0.15) is 0 Å². The molecule has 2 aliphatic rings. The van der Waals surface area contributed by atoms with Gasteiger partial charge in [0.25, 0.3) is 5.91 Å². The summed E-state index contributed by atoms with van der Waals surface area (Å²) in [6, 6.07) is 6.88. The summed E-state index contributed by atoms with van der Waals surface area (Å²) in [5, 5.41) is 3.54. The molecule has 1 atom stereocenters. The van der Waals surface area contributed by atoms with E-state index in [2.05, 4.69) is 14.9 Å². The van der Waals surface area contributed by atoms with Crippen LogP contribution < -0.4 is 0 Å². The number of rotatable bonds is 4. The zero-order chi connectivity index (χ0) is 16.1. The maximum atomic E-state index is 12.7. The highest BCUT2D eigenvalue weighted by Crippen LogP contribution is 2.22. The van der Waals surface area contributed by atoms with Crippen molar-refractivity contribution in [1.29, 1.82) is 0 Å². The number of nitrogens with zero attached hydrogens (tertiary/aromatic N) is 5. The fourth-order valence-electron chi connectivity index (χ4n) is 3.63. The molecular formula is C17H23N5O. The van der Waals surface area contributed by atoms with Gasteiger partial charge in [0, 0.05) is 35.8 Å². The fraction of sp³-hybridized carbons (Fsp3) is 0.588. The molecule has 2 aliphatic heterocycles. The third kappa shape index (κ3) is 4.03. The molecule has 0 aromatic heterocycles. The predicted octanol–water partition coefficient (Wildman–Crippen LogP) is 3.58. The number of azide groups is 1. The number of hydrogen-bond donors (Lipinski definition) is 0. The van der Waals surface area contributed by atoms with Gasteiger partial charge in [0.2, 0.25) is 0 Å². The molecule has 6 heteroatoms. The minimum absolute atomic E-state index is 0.0867. The maximum absolute atomic E-state index is 12.7. The lowest BCUT2D eigenvalue weighted by molar-refractivity contribution is 0.0648. The topological polar surface area (TPSA) is 72.3 Å². The van der Waals surface area contributed by atoms with Crippen molar-refractivity contribution in [3.05, 3.63) is 40.3 Å². The molecule has 0 N–H and O–H groups in total. The monoisotopic (exact) mass is 313 g/mol. The van der Waals surface area contributed by atoms with E-state index in [1.807, 2.05) is 4.90 Å². The second-order valence-corrected chi connectivity index (χ2v) is 6.50. The summed E-state index contributed by atoms with van der Waals surface area (Å²) in [6.07, 6.45) is 4.93.